The van der Waals surface area contributed by atoms with E-state index in [-0.39, 0.29) is 24.4 Å². The highest BCUT2D eigenvalue weighted by atomic mass is 19.4. The Kier molecular flexibility index (Phi) is 7.67. The largest absolute Gasteiger partial charge is 0.490 e. The van der Waals surface area contributed by atoms with Crippen LogP contribution in [0.2, 0.25) is 0 Å². The van der Waals surface area contributed by atoms with Gasteiger partial charge in [0.1, 0.15) is 5.82 Å². The fourth-order valence-electron chi connectivity index (χ4n) is 3.50. The number of nitrogens with zero attached hydrogens (tertiary/aromatic N) is 1. The Morgan fingerprint density at radius 3 is 2.50 bits per heavy atom. The predicted octanol–water partition coefficient (Wildman–Crippen LogP) is 3.94. The number of nitrogens with one attached hydrogen (secondary N) is 2. The molecule has 1 amide bonds. The predicted molar refractivity (Wildman–Crippen MR) is 114 cm³/mol. The molecule has 1 aromatic carbocycles. The fourth-order valence-corrected chi connectivity index (χ4v) is 3.50. The maximum atomic E-state index is 14.1. The van der Waals surface area contributed by atoms with E-state index in [0.717, 1.165) is 23.4 Å². The molecule has 4 N–H and O–H groups in total. The van der Waals surface area contributed by atoms with Gasteiger partial charge in [0.05, 0.1) is 11.3 Å². The average Bonchev–Trinajstić information content (AvgIpc) is 3.23. The Morgan fingerprint density at radius 2 is 1.85 bits per heavy atom. The number of pyridine rings is 1. The number of carboxylic acid groups (broad SMARTS) is 1. The third-order valence-electron chi connectivity index (χ3n) is 5.10. The zero-order chi connectivity index (χ0) is 24.9. The summed E-state index contributed by atoms with van der Waals surface area (Å²) in [5, 5.41) is 19.1. The third kappa shape index (κ3) is 5.98. The molecule has 1 aliphatic heterocycles. The van der Waals surface area contributed by atoms with Crippen molar-refractivity contribution in [2.24, 2.45) is 0 Å². The maximum Gasteiger partial charge on any atom is 0.490 e. The van der Waals surface area contributed by atoms with Crippen molar-refractivity contribution >= 4 is 11.9 Å². The van der Waals surface area contributed by atoms with Crippen LogP contribution in [0.1, 0.15) is 28.9 Å². The van der Waals surface area contributed by atoms with Crippen LogP contribution >= 0.6 is 0 Å². The van der Waals surface area contributed by atoms with E-state index in [1.807, 2.05) is 18.2 Å². The number of aromatic amines is 1. The zero-order valence-electron chi connectivity index (χ0n) is 17.7. The van der Waals surface area contributed by atoms with E-state index in [1.54, 1.807) is 24.4 Å². The Hall–Kier alpha value is -3.73. The second-order valence-corrected chi connectivity index (χ2v) is 7.53. The van der Waals surface area contributed by atoms with Crippen molar-refractivity contribution in [2.45, 2.75) is 31.5 Å². The molecule has 0 radical (unpaired) electrons. The second-order valence-electron chi connectivity index (χ2n) is 7.53. The van der Waals surface area contributed by atoms with Gasteiger partial charge in [-0.1, -0.05) is 12.1 Å². The lowest BCUT2D eigenvalue weighted by Crippen LogP contribution is -2.41. The minimum absolute atomic E-state index is 0.0232. The summed E-state index contributed by atoms with van der Waals surface area (Å²) in [6, 6.07) is 12.0. The number of halogens is 4. The van der Waals surface area contributed by atoms with Crippen LogP contribution in [0.15, 0.2) is 48.7 Å². The fraction of sp³-hybridized carbons (Fsp3) is 0.261. The molecule has 1 unspecified atom stereocenters. The van der Waals surface area contributed by atoms with Gasteiger partial charge >= 0.3 is 12.1 Å². The highest BCUT2D eigenvalue weighted by Gasteiger charge is 2.38. The van der Waals surface area contributed by atoms with E-state index >= 15 is 0 Å². The molecular formula is C23H21F4N3O4. The van der Waals surface area contributed by atoms with Crippen LogP contribution in [0.25, 0.3) is 22.5 Å². The SMILES string of the molecule is O=C(O)C(F)(F)F.O=C1NC(CCCO)Cc2[nH]c(-c3ccnc(-c4ccccc4F)c3)cc21. The number of amides is 1. The van der Waals surface area contributed by atoms with Crippen LogP contribution in [-0.4, -0.2) is 50.9 Å². The lowest BCUT2D eigenvalue weighted by Gasteiger charge is -2.23. The molecule has 7 nitrogen and oxygen atoms in total. The van der Waals surface area contributed by atoms with Crippen LogP contribution in [-0.2, 0) is 11.2 Å². The lowest BCUT2D eigenvalue weighted by molar-refractivity contribution is -0.192. The van der Waals surface area contributed by atoms with Crippen LogP contribution in [0, 0.1) is 5.82 Å². The number of rotatable bonds is 5. The molecule has 1 atom stereocenters. The minimum atomic E-state index is -5.08. The smallest absolute Gasteiger partial charge is 0.475 e. The summed E-state index contributed by atoms with van der Waals surface area (Å²) in [7, 11) is 0. The third-order valence-corrected chi connectivity index (χ3v) is 5.10. The Labute approximate surface area is 191 Å². The van der Waals surface area contributed by atoms with E-state index in [4.69, 9.17) is 15.0 Å². The summed E-state index contributed by atoms with van der Waals surface area (Å²) >= 11 is 0. The van der Waals surface area contributed by atoms with Gasteiger partial charge in [-0.3, -0.25) is 9.78 Å². The van der Waals surface area contributed by atoms with Crippen LogP contribution < -0.4 is 5.32 Å². The summed E-state index contributed by atoms with van der Waals surface area (Å²) < 4.78 is 45.8. The summed E-state index contributed by atoms with van der Waals surface area (Å²) in [6.45, 7) is 0.116. The number of aliphatic carboxylic acids is 1. The maximum absolute atomic E-state index is 14.1. The molecule has 0 saturated carbocycles. The summed E-state index contributed by atoms with van der Waals surface area (Å²) in [4.78, 5) is 28.9. The molecule has 180 valence electrons. The van der Waals surface area contributed by atoms with Gasteiger partial charge in [-0.05, 0) is 43.2 Å². The first kappa shape index (κ1) is 24.9. The highest BCUT2D eigenvalue weighted by Crippen LogP contribution is 2.29. The van der Waals surface area contributed by atoms with Gasteiger partial charge < -0.3 is 20.5 Å². The van der Waals surface area contributed by atoms with Gasteiger partial charge in [-0.25, -0.2) is 9.18 Å². The molecule has 0 spiro atoms. The monoisotopic (exact) mass is 479 g/mol. The van der Waals surface area contributed by atoms with Gasteiger partial charge in [0.25, 0.3) is 5.91 Å². The van der Waals surface area contributed by atoms with Gasteiger partial charge in [0.2, 0.25) is 0 Å². The van der Waals surface area contributed by atoms with Crippen molar-refractivity contribution in [3.63, 3.8) is 0 Å². The summed E-state index contributed by atoms with van der Waals surface area (Å²) in [6.07, 6.45) is -1.35. The molecule has 0 saturated heterocycles. The zero-order valence-corrected chi connectivity index (χ0v) is 17.7. The minimum Gasteiger partial charge on any atom is -0.475 e. The molecule has 0 fully saturated rings. The number of H-pyrrole nitrogens is 1. The standard InChI is InChI=1S/C21H20FN3O2.C2HF3O2/c22-17-6-2-1-5-15(17)19-10-13(7-8-23-19)18-12-16-20(25-18)11-14(4-3-9-26)24-21(16)27;3-2(4,5)1(6)7/h1-2,5-8,10,12,14,25-26H,3-4,9,11H2,(H,24,27);(H,6,7). The van der Waals surface area contributed by atoms with Crippen molar-refractivity contribution in [3.8, 4) is 22.5 Å². The number of fused-ring (bicyclic) bond motifs is 1. The molecule has 2 aromatic heterocycles. The second kappa shape index (κ2) is 10.5. The molecule has 4 rings (SSSR count). The first-order valence-corrected chi connectivity index (χ1v) is 10.2. The summed E-state index contributed by atoms with van der Waals surface area (Å²) in [5.74, 6) is -3.18. The van der Waals surface area contributed by atoms with Gasteiger partial charge in [-0.2, -0.15) is 13.2 Å². The van der Waals surface area contributed by atoms with Crippen molar-refractivity contribution in [1.82, 2.24) is 15.3 Å². The molecule has 1 aliphatic rings. The summed E-state index contributed by atoms with van der Waals surface area (Å²) in [5.41, 5.74) is 4.16. The van der Waals surface area contributed by atoms with Gasteiger partial charge in [-0.15, -0.1) is 0 Å². The highest BCUT2D eigenvalue weighted by molar-refractivity contribution is 5.98. The number of carbonyl (C=O) groups excluding carboxylic acids is 1. The lowest BCUT2D eigenvalue weighted by atomic mass is 9.98. The van der Waals surface area contributed by atoms with E-state index in [2.05, 4.69) is 15.3 Å². The molecular weight excluding hydrogens is 458 g/mol. The van der Waals surface area contributed by atoms with Crippen LogP contribution in [0.5, 0.6) is 0 Å². The van der Waals surface area contributed by atoms with Crippen molar-refractivity contribution in [2.75, 3.05) is 6.61 Å². The Balaban J connectivity index is 0.000000406. The molecule has 34 heavy (non-hydrogen) atoms. The first-order chi connectivity index (χ1) is 16.1. The Bertz CT molecular complexity index is 1180. The number of alkyl halides is 3. The first-order valence-electron chi connectivity index (χ1n) is 10.2. The number of hydrogen-bond donors (Lipinski definition) is 4. The van der Waals surface area contributed by atoms with Crippen molar-refractivity contribution in [1.29, 1.82) is 0 Å². The molecule has 0 aliphatic carbocycles. The van der Waals surface area contributed by atoms with E-state index in [1.165, 1.54) is 6.07 Å². The van der Waals surface area contributed by atoms with Crippen molar-refractivity contribution < 1.29 is 37.4 Å². The quantitative estimate of drug-likeness (QED) is 0.414. The van der Waals surface area contributed by atoms with Gasteiger partial charge in [0.15, 0.2) is 0 Å². The number of carbonyl (C=O) groups is 2. The topological polar surface area (TPSA) is 115 Å². The van der Waals surface area contributed by atoms with Crippen LogP contribution in [0.4, 0.5) is 17.6 Å². The number of aliphatic hydroxyl groups is 1. The van der Waals surface area contributed by atoms with Crippen molar-refractivity contribution in [3.05, 3.63) is 65.7 Å². The number of hydrogen-bond acceptors (Lipinski definition) is 4. The molecule has 0 bridgehead atoms. The number of carboxylic acids is 1. The van der Waals surface area contributed by atoms with E-state index < -0.39 is 12.1 Å². The van der Waals surface area contributed by atoms with E-state index in [9.17, 15) is 22.4 Å². The van der Waals surface area contributed by atoms with Gasteiger partial charge in [0, 0.05) is 47.8 Å². The Morgan fingerprint density at radius 1 is 1.15 bits per heavy atom. The van der Waals surface area contributed by atoms with Crippen LogP contribution in [0.3, 0.4) is 0 Å². The van der Waals surface area contributed by atoms with E-state index in [0.29, 0.717) is 29.7 Å². The molecule has 3 heterocycles. The molecule has 3 aromatic rings. The number of aliphatic hydroxyl groups excluding tert-OH is 1. The normalized spacial score (nSPS) is 15.1. The number of aromatic nitrogens is 2. The number of benzene rings is 1. The molecule has 11 heteroatoms. The average molecular weight is 479 g/mol.